The van der Waals surface area contributed by atoms with Crippen LogP contribution in [0.25, 0.3) is 11.4 Å². The van der Waals surface area contributed by atoms with E-state index < -0.39 is 0 Å². The van der Waals surface area contributed by atoms with Crippen molar-refractivity contribution >= 4 is 23.3 Å². The summed E-state index contributed by atoms with van der Waals surface area (Å²) in [6, 6.07) is 9.08. The van der Waals surface area contributed by atoms with Crippen LogP contribution < -0.4 is 15.0 Å². The minimum atomic E-state index is -0.207. The molecule has 1 saturated heterocycles. The molecule has 5 rings (SSSR count). The fraction of sp³-hybridized carbons (Fsp3) is 0.480. The van der Waals surface area contributed by atoms with Gasteiger partial charge in [0.1, 0.15) is 5.75 Å². The summed E-state index contributed by atoms with van der Waals surface area (Å²) in [6.45, 7) is 1.91. The highest BCUT2D eigenvalue weighted by atomic mass is 35.5. The molecule has 2 N–H and O–H groups in total. The molecule has 11 heteroatoms. The van der Waals surface area contributed by atoms with Gasteiger partial charge in [-0.05, 0) is 74.8 Å². The minimum absolute atomic E-state index is 0.0549. The zero-order valence-corrected chi connectivity index (χ0v) is 20.6. The van der Waals surface area contributed by atoms with E-state index >= 15 is 0 Å². The average molecular weight is 513 g/mol. The van der Waals surface area contributed by atoms with Gasteiger partial charge in [-0.2, -0.15) is 4.98 Å². The van der Waals surface area contributed by atoms with E-state index in [-0.39, 0.29) is 24.7 Å². The van der Waals surface area contributed by atoms with E-state index in [1.54, 1.807) is 12.1 Å². The van der Waals surface area contributed by atoms with Crippen molar-refractivity contribution in [2.24, 2.45) is 5.92 Å². The number of halogens is 1. The summed E-state index contributed by atoms with van der Waals surface area (Å²) >= 11 is 6.37. The Hall–Kier alpha value is -3.24. The first-order valence-electron chi connectivity index (χ1n) is 12.3. The van der Waals surface area contributed by atoms with Gasteiger partial charge in [0, 0.05) is 31.3 Å². The average Bonchev–Trinajstić information content (AvgIpc) is 3.45. The van der Waals surface area contributed by atoms with E-state index in [2.05, 4.69) is 30.6 Å². The van der Waals surface area contributed by atoms with Crippen LogP contribution in [0.1, 0.15) is 49.0 Å². The van der Waals surface area contributed by atoms with Crippen molar-refractivity contribution in [1.29, 1.82) is 0 Å². The molecule has 1 aliphatic carbocycles. The van der Waals surface area contributed by atoms with Crippen molar-refractivity contribution in [3.05, 3.63) is 47.4 Å². The Morgan fingerprint density at radius 1 is 1.11 bits per heavy atom. The Balaban J connectivity index is 1.08. The number of anilines is 1. The maximum absolute atomic E-state index is 12.7. The molecule has 3 heterocycles. The smallest absolute Gasteiger partial charge is 0.272 e. The van der Waals surface area contributed by atoms with Gasteiger partial charge < -0.3 is 24.6 Å². The zero-order chi connectivity index (χ0) is 24.9. The van der Waals surface area contributed by atoms with E-state index in [1.807, 2.05) is 18.2 Å². The fourth-order valence-electron chi connectivity index (χ4n) is 4.78. The van der Waals surface area contributed by atoms with Crippen molar-refractivity contribution in [3.8, 4) is 17.1 Å². The molecule has 0 atom stereocenters. The molecule has 10 nitrogen and oxygen atoms in total. The Morgan fingerprint density at radius 3 is 2.56 bits per heavy atom. The van der Waals surface area contributed by atoms with Gasteiger partial charge in [-0.25, -0.2) is 0 Å². The van der Waals surface area contributed by atoms with Crippen LogP contribution in [-0.4, -0.2) is 63.2 Å². The monoisotopic (exact) mass is 512 g/mol. The molecule has 0 bridgehead atoms. The van der Waals surface area contributed by atoms with Gasteiger partial charge in [0.2, 0.25) is 12.2 Å². The number of rotatable bonds is 7. The Kier molecular flexibility index (Phi) is 7.62. The number of aliphatic hydroxyl groups is 1. The quantitative estimate of drug-likeness (QED) is 0.488. The molecule has 3 aromatic rings. The topological polar surface area (TPSA) is 126 Å². The van der Waals surface area contributed by atoms with Crippen LogP contribution in [0, 0.1) is 5.92 Å². The van der Waals surface area contributed by atoms with Gasteiger partial charge in [0.15, 0.2) is 11.5 Å². The van der Waals surface area contributed by atoms with Crippen molar-refractivity contribution in [2.75, 3.05) is 24.6 Å². The van der Waals surface area contributed by atoms with Crippen molar-refractivity contribution in [1.82, 2.24) is 25.7 Å². The SMILES string of the molecule is O=C(NC1CCC(Oc2ccc(-c3ncon3)c(Cl)c2)CC1)c1ccc(N2CCC(CO)CC2)nn1. The van der Waals surface area contributed by atoms with Gasteiger partial charge in [0.05, 0.1) is 11.1 Å². The summed E-state index contributed by atoms with van der Waals surface area (Å²) < 4.78 is 10.9. The number of nitrogens with zero attached hydrogens (tertiary/aromatic N) is 5. The standard InChI is InChI=1S/C25H29ClN6O4/c26-21-13-19(5-6-20(21)24-27-15-35-31-24)36-18-3-1-17(2-4-18)28-25(34)22-7-8-23(30-29-22)32-11-9-16(14-33)10-12-32/h5-8,13,15-18,33H,1-4,9-12,14H2,(H,28,34). The van der Waals surface area contributed by atoms with Gasteiger partial charge in [-0.1, -0.05) is 16.8 Å². The second-order valence-corrected chi connectivity index (χ2v) is 9.76. The second kappa shape index (κ2) is 11.2. The number of piperidine rings is 1. The lowest BCUT2D eigenvalue weighted by atomic mass is 9.92. The Labute approximate surface area is 214 Å². The van der Waals surface area contributed by atoms with Gasteiger partial charge >= 0.3 is 0 Å². The lowest BCUT2D eigenvalue weighted by Gasteiger charge is -2.31. The predicted molar refractivity (Wildman–Crippen MR) is 133 cm³/mol. The first-order chi connectivity index (χ1) is 17.6. The molecule has 1 saturated carbocycles. The number of carbonyl (C=O) groups is 1. The summed E-state index contributed by atoms with van der Waals surface area (Å²) in [5, 5.41) is 25.1. The molecular formula is C25H29ClN6O4. The van der Waals surface area contributed by atoms with E-state index in [0.717, 1.165) is 57.4 Å². The first-order valence-corrected chi connectivity index (χ1v) is 12.7. The number of amides is 1. The van der Waals surface area contributed by atoms with E-state index in [0.29, 0.717) is 33.8 Å². The van der Waals surface area contributed by atoms with Crippen LogP contribution in [-0.2, 0) is 0 Å². The van der Waals surface area contributed by atoms with Gasteiger partial charge in [0.25, 0.3) is 5.91 Å². The fourth-order valence-corrected chi connectivity index (χ4v) is 5.03. The highest BCUT2D eigenvalue weighted by Gasteiger charge is 2.25. The molecule has 1 aliphatic heterocycles. The number of carbonyl (C=O) groups excluding carboxylic acids is 1. The minimum Gasteiger partial charge on any atom is -0.490 e. The van der Waals surface area contributed by atoms with Gasteiger partial charge in [-0.3, -0.25) is 4.79 Å². The highest BCUT2D eigenvalue weighted by Crippen LogP contribution is 2.31. The molecule has 0 radical (unpaired) electrons. The molecule has 1 aromatic carbocycles. The van der Waals surface area contributed by atoms with Gasteiger partial charge in [-0.15, -0.1) is 10.2 Å². The molecule has 2 aliphatic rings. The zero-order valence-electron chi connectivity index (χ0n) is 19.8. The first kappa shape index (κ1) is 24.5. The number of aromatic nitrogens is 4. The van der Waals surface area contributed by atoms with Crippen molar-refractivity contribution in [2.45, 2.75) is 50.7 Å². The molecule has 36 heavy (non-hydrogen) atoms. The van der Waals surface area contributed by atoms with E-state index in [1.165, 1.54) is 6.39 Å². The van der Waals surface area contributed by atoms with Crippen molar-refractivity contribution < 1.29 is 19.2 Å². The molecule has 0 unspecified atom stereocenters. The van der Waals surface area contributed by atoms with E-state index in [9.17, 15) is 9.90 Å². The summed E-state index contributed by atoms with van der Waals surface area (Å²) in [4.78, 5) is 18.9. The summed E-state index contributed by atoms with van der Waals surface area (Å²) in [7, 11) is 0. The largest absolute Gasteiger partial charge is 0.490 e. The van der Waals surface area contributed by atoms with Crippen molar-refractivity contribution in [3.63, 3.8) is 0 Å². The number of benzene rings is 1. The number of aliphatic hydroxyl groups excluding tert-OH is 1. The molecule has 1 amide bonds. The lowest BCUT2D eigenvalue weighted by molar-refractivity contribution is 0.0888. The summed E-state index contributed by atoms with van der Waals surface area (Å²) in [6.07, 6.45) is 6.47. The number of hydrogen-bond acceptors (Lipinski definition) is 9. The van der Waals surface area contributed by atoms with Crippen LogP contribution in [0.3, 0.4) is 0 Å². The Bertz CT molecular complexity index is 1140. The predicted octanol–water partition coefficient (Wildman–Crippen LogP) is 3.51. The second-order valence-electron chi connectivity index (χ2n) is 9.35. The summed E-state index contributed by atoms with van der Waals surface area (Å²) in [5.41, 5.74) is 1.00. The van der Waals surface area contributed by atoms with Crippen LogP contribution in [0.5, 0.6) is 5.75 Å². The summed E-state index contributed by atoms with van der Waals surface area (Å²) in [5.74, 6) is 2.05. The Morgan fingerprint density at radius 2 is 1.92 bits per heavy atom. The molecular weight excluding hydrogens is 484 g/mol. The van der Waals surface area contributed by atoms with Crippen LogP contribution in [0.4, 0.5) is 5.82 Å². The molecule has 2 aromatic heterocycles. The maximum atomic E-state index is 12.7. The number of nitrogens with one attached hydrogen (secondary N) is 1. The molecule has 0 spiro atoms. The maximum Gasteiger partial charge on any atom is 0.272 e. The van der Waals surface area contributed by atoms with E-state index in [4.69, 9.17) is 20.9 Å². The number of hydrogen-bond donors (Lipinski definition) is 2. The normalized spacial score (nSPS) is 20.8. The van der Waals surface area contributed by atoms with Crippen LogP contribution in [0.2, 0.25) is 5.02 Å². The third-order valence-electron chi connectivity index (χ3n) is 6.93. The number of ether oxygens (including phenoxy) is 1. The highest BCUT2D eigenvalue weighted by molar-refractivity contribution is 6.33. The van der Waals surface area contributed by atoms with Crippen LogP contribution in [0.15, 0.2) is 41.2 Å². The molecule has 190 valence electrons. The van der Waals surface area contributed by atoms with Crippen LogP contribution >= 0.6 is 11.6 Å². The third-order valence-corrected chi connectivity index (χ3v) is 7.25. The lowest BCUT2D eigenvalue weighted by Crippen LogP contribution is -2.40. The third kappa shape index (κ3) is 5.76. The molecule has 2 fully saturated rings.